The molecule has 4 aliphatic carbocycles. The molecule has 3 amide bonds. The number of halogens is 1. The molecule has 5 fully saturated rings. The molecule has 1 aromatic rings. The molecule has 1 aliphatic heterocycles. The van der Waals surface area contributed by atoms with Crippen molar-refractivity contribution in [1.82, 2.24) is 15.1 Å². The quantitative estimate of drug-likeness (QED) is 0.780. The van der Waals surface area contributed by atoms with E-state index in [1.807, 2.05) is 9.80 Å². The minimum atomic E-state index is -0.338. The molecule has 1 saturated heterocycles. The van der Waals surface area contributed by atoms with Crippen molar-refractivity contribution in [3.05, 3.63) is 34.9 Å². The van der Waals surface area contributed by atoms with Crippen molar-refractivity contribution >= 4 is 29.3 Å². The fraction of sp³-hybridized carbons (Fsp3) is 0.625. The number of rotatable bonds is 3. The highest BCUT2D eigenvalue weighted by Crippen LogP contribution is 2.62. The second kappa shape index (κ2) is 7.51. The van der Waals surface area contributed by atoms with Gasteiger partial charge in [-0.2, -0.15) is 0 Å². The van der Waals surface area contributed by atoms with Crippen molar-refractivity contribution < 1.29 is 14.4 Å². The lowest BCUT2D eigenvalue weighted by Gasteiger charge is -2.62. The normalized spacial score (nSPS) is 34.0. The molecule has 0 spiro atoms. The first-order valence-corrected chi connectivity index (χ1v) is 11.8. The van der Waals surface area contributed by atoms with Crippen LogP contribution in [0.2, 0.25) is 5.02 Å². The Bertz CT molecular complexity index is 893. The number of hydrogen-bond acceptors (Lipinski definition) is 3. The zero-order valence-electron chi connectivity index (χ0n) is 18.0. The fourth-order valence-electron chi connectivity index (χ4n) is 7.26. The minimum absolute atomic E-state index is 0.0109. The maximum Gasteiger partial charge on any atom is 0.253 e. The van der Waals surface area contributed by atoms with Gasteiger partial charge in [-0.3, -0.25) is 14.4 Å². The molecule has 0 aromatic heterocycles. The summed E-state index contributed by atoms with van der Waals surface area (Å²) in [4.78, 5) is 42.2. The molecule has 1 N–H and O–H groups in total. The Morgan fingerprint density at radius 3 is 2.10 bits per heavy atom. The number of piperazine rings is 1. The standard InChI is InChI=1S/C24H30ClN3O3/c1-16(29)26-24-13-17-10-18(14-24)12-23(11-17,15-24)22(31)28-8-6-27(7-9-28)21(30)19-2-4-20(25)5-3-19/h2-5,17-18H,6-15H2,1H3,(H,26,29)/t17-,18+,23?,24?. The summed E-state index contributed by atoms with van der Waals surface area (Å²) in [6.45, 7) is 3.83. The molecule has 1 aromatic carbocycles. The van der Waals surface area contributed by atoms with Crippen LogP contribution in [-0.2, 0) is 9.59 Å². The summed E-state index contributed by atoms with van der Waals surface area (Å²) in [7, 11) is 0. The first kappa shape index (κ1) is 20.8. The van der Waals surface area contributed by atoms with Gasteiger partial charge in [0.1, 0.15) is 0 Å². The lowest BCUT2D eigenvalue weighted by atomic mass is 9.46. The maximum atomic E-state index is 13.8. The third kappa shape index (κ3) is 3.73. The number of nitrogens with zero attached hydrogens (tertiary/aromatic N) is 2. The van der Waals surface area contributed by atoms with Gasteiger partial charge in [-0.1, -0.05) is 11.6 Å². The van der Waals surface area contributed by atoms with Gasteiger partial charge in [-0.05, 0) is 74.6 Å². The molecular weight excluding hydrogens is 414 g/mol. The number of nitrogens with one attached hydrogen (secondary N) is 1. The van der Waals surface area contributed by atoms with Gasteiger partial charge in [0.15, 0.2) is 0 Å². The molecule has 4 atom stereocenters. The summed E-state index contributed by atoms with van der Waals surface area (Å²) >= 11 is 5.93. The first-order chi connectivity index (χ1) is 14.8. The summed E-state index contributed by atoms with van der Waals surface area (Å²) in [6.07, 6.45) is 5.90. The molecule has 166 valence electrons. The highest BCUT2D eigenvalue weighted by molar-refractivity contribution is 6.30. The van der Waals surface area contributed by atoms with E-state index < -0.39 is 0 Å². The Labute approximate surface area is 188 Å². The molecule has 2 unspecified atom stereocenters. The van der Waals surface area contributed by atoms with E-state index in [-0.39, 0.29) is 28.7 Å². The molecule has 1 heterocycles. The van der Waals surface area contributed by atoms with Crippen molar-refractivity contribution in [3.63, 3.8) is 0 Å². The van der Waals surface area contributed by atoms with Crippen LogP contribution in [0.15, 0.2) is 24.3 Å². The zero-order valence-corrected chi connectivity index (χ0v) is 18.8. The highest BCUT2D eigenvalue weighted by atomic mass is 35.5. The van der Waals surface area contributed by atoms with E-state index in [0.717, 1.165) is 32.1 Å². The van der Waals surface area contributed by atoms with E-state index >= 15 is 0 Å². The Hall–Kier alpha value is -2.08. The molecular formula is C24H30ClN3O3. The number of hydrogen-bond donors (Lipinski definition) is 1. The van der Waals surface area contributed by atoms with Crippen LogP contribution in [-0.4, -0.2) is 59.2 Å². The number of carbonyl (C=O) groups excluding carboxylic acids is 3. The van der Waals surface area contributed by atoms with Crippen LogP contribution in [0.3, 0.4) is 0 Å². The van der Waals surface area contributed by atoms with Crippen molar-refractivity contribution in [2.24, 2.45) is 17.3 Å². The molecule has 6 nitrogen and oxygen atoms in total. The number of amides is 3. The molecule has 7 heteroatoms. The molecule has 0 radical (unpaired) electrons. The summed E-state index contributed by atoms with van der Waals surface area (Å²) in [5.74, 6) is 1.31. The van der Waals surface area contributed by atoms with Crippen LogP contribution in [0.5, 0.6) is 0 Å². The van der Waals surface area contributed by atoms with Gasteiger partial charge in [-0.15, -0.1) is 0 Å². The smallest absolute Gasteiger partial charge is 0.253 e. The molecule has 6 rings (SSSR count). The largest absolute Gasteiger partial charge is 0.351 e. The van der Waals surface area contributed by atoms with Crippen LogP contribution in [0, 0.1) is 17.3 Å². The molecule has 31 heavy (non-hydrogen) atoms. The van der Waals surface area contributed by atoms with E-state index in [9.17, 15) is 14.4 Å². The topological polar surface area (TPSA) is 69.7 Å². The summed E-state index contributed by atoms with van der Waals surface area (Å²) < 4.78 is 0. The second-order valence-electron chi connectivity index (χ2n) is 10.3. The predicted octanol–water partition coefficient (Wildman–Crippen LogP) is 3.10. The fourth-order valence-corrected chi connectivity index (χ4v) is 7.38. The van der Waals surface area contributed by atoms with Gasteiger partial charge in [0, 0.05) is 49.2 Å². The first-order valence-electron chi connectivity index (χ1n) is 11.4. The van der Waals surface area contributed by atoms with Crippen LogP contribution >= 0.6 is 11.6 Å². The average Bonchev–Trinajstić information content (AvgIpc) is 2.71. The summed E-state index contributed by atoms with van der Waals surface area (Å²) in [6, 6.07) is 6.96. The van der Waals surface area contributed by atoms with Gasteiger partial charge in [0.05, 0.1) is 5.41 Å². The third-order valence-corrected chi connectivity index (χ3v) is 8.15. The summed E-state index contributed by atoms with van der Waals surface area (Å²) in [5.41, 5.74) is 0.0924. The predicted molar refractivity (Wildman–Crippen MR) is 118 cm³/mol. The lowest BCUT2D eigenvalue weighted by molar-refractivity contribution is -0.164. The minimum Gasteiger partial charge on any atom is -0.351 e. The van der Waals surface area contributed by atoms with E-state index in [4.69, 9.17) is 11.6 Å². The van der Waals surface area contributed by atoms with E-state index in [0.29, 0.717) is 48.6 Å². The Kier molecular flexibility index (Phi) is 5.04. The van der Waals surface area contributed by atoms with Gasteiger partial charge in [0.25, 0.3) is 5.91 Å². The maximum absolute atomic E-state index is 13.8. The second-order valence-corrected chi connectivity index (χ2v) is 10.7. The van der Waals surface area contributed by atoms with E-state index in [2.05, 4.69) is 5.32 Å². The van der Waals surface area contributed by atoms with Crippen molar-refractivity contribution in [3.8, 4) is 0 Å². The van der Waals surface area contributed by atoms with Crippen LogP contribution in [0.4, 0.5) is 0 Å². The Morgan fingerprint density at radius 1 is 0.935 bits per heavy atom. The SMILES string of the molecule is CC(=O)NC12C[C@H]3C[C@@H](C1)CC(C(=O)N1CCN(C(=O)c4ccc(Cl)cc4)CC1)(C3)C2. The third-order valence-electron chi connectivity index (χ3n) is 7.90. The molecule has 4 bridgehead atoms. The van der Waals surface area contributed by atoms with Gasteiger partial charge in [0.2, 0.25) is 11.8 Å². The van der Waals surface area contributed by atoms with Gasteiger partial charge >= 0.3 is 0 Å². The molecule has 5 aliphatic rings. The van der Waals surface area contributed by atoms with Crippen molar-refractivity contribution in [2.45, 2.75) is 51.0 Å². The number of benzene rings is 1. The van der Waals surface area contributed by atoms with Crippen LogP contribution < -0.4 is 5.32 Å². The Morgan fingerprint density at radius 2 is 1.52 bits per heavy atom. The van der Waals surface area contributed by atoms with Gasteiger partial charge < -0.3 is 15.1 Å². The van der Waals surface area contributed by atoms with Crippen LogP contribution in [0.1, 0.15) is 55.8 Å². The Balaban J connectivity index is 1.27. The van der Waals surface area contributed by atoms with Crippen molar-refractivity contribution in [2.75, 3.05) is 26.2 Å². The monoisotopic (exact) mass is 443 g/mol. The average molecular weight is 444 g/mol. The van der Waals surface area contributed by atoms with Crippen molar-refractivity contribution in [1.29, 1.82) is 0 Å². The zero-order chi connectivity index (χ0) is 21.8. The summed E-state index contributed by atoms with van der Waals surface area (Å²) in [5, 5.41) is 3.85. The van der Waals surface area contributed by atoms with E-state index in [1.54, 1.807) is 31.2 Å². The number of carbonyl (C=O) groups is 3. The van der Waals surface area contributed by atoms with E-state index in [1.165, 1.54) is 6.42 Å². The molecule has 4 saturated carbocycles. The van der Waals surface area contributed by atoms with Gasteiger partial charge in [-0.25, -0.2) is 0 Å². The lowest BCUT2D eigenvalue weighted by Crippen LogP contribution is -2.66. The highest BCUT2D eigenvalue weighted by Gasteiger charge is 2.61. The van der Waals surface area contributed by atoms with Crippen LogP contribution in [0.25, 0.3) is 0 Å².